The number of methoxy groups -OCH3 is 1. The highest BCUT2D eigenvalue weighted by atomic mass is 16.5. The van der Waals surface area contributed by atoms with Crippen molar-refractivity contribution in [2.24, 2.45) is 0 Å². The van der Waals surface area contributed by atoms with Crippen LogP contribution in [0.1, 0.15) is 10.6 Å². The molecule has 0 fully saturated rings. The second kappa shape index (κ2) is 8.27. The van der Waals surface area contributed by atoms with Gasteiger partial charge in [-0.1, -0.05) is 12.1 Å². The largest absolute Gasteiger partial charge is 0.493 e. The van der Waals surface area contributed by atoms with Gasteiger partial charge in [0, 0.05) is 29.5 Å². The van der Waals surface area contributed by atoms with Gasteiger partial charge in [-0.05, 0) is 48.5 Å². The number of para-hydroxylation sites is 1. The van der Waals surface area contributed by atoms with Gasteiger partial charge in [-0.3, -0.25) is 4.79 Å². The number of carbonyl (C=O) groups excluding carboxylic acids is 1. The van der Waals surface area contributed by atoms with E-state index < -0.39 is 0 Å². The van der Waals surface area contributed by atoms with Crippen molar-refractivity contribution in [1.29, 1.82) is 0 Å². The molecule has 5 aromatic rings. The first-order chi connectivity index (χ1) is 15.7. The van der Waals surface area contributed by atoms with Crippen molar-refractivity contribution in [3.05, 3.63) is 91.2 Å². The Morgan fingerprint density at radius 1 is 1.00 bits per heavy atom. The minimum Gasteiger partial charge on any atom is -0.493 e. The first kappa shape index (κ1) is 19.4. The minimum absolute atomic E-state index is 0.198. The van der Waals surface area contributed by atoms with Crippen LogP contribution in [0.25, 0.3) is 16.8 Å². The number of aromatic nitrogens is 3. The summed E-state index contributed by atoms with van der Waals surface area (Å²) in [6.07, 6.45) is 5.23. The second-order valence-electron chi connectivity index (χ2n) is 6.87. The van der Waals surface area contributed by atoms with E-state index in [9.17, 15) is 4.79 Å². The summed E-state index contributed by atoms with van der Waals surface area (Å²) in [4.78, 5) is 21.0. The molecule has 0 saturated carbocycles. The van der Waals surface area contributed by atoms with Crippen LogP contribution in [0.4, 0.5) is 5.69 Å². The molecule has 0 aliphatic heterocycles. The molecule has 32 heavy (non-hydrogen) atoms. The van der Waals surface area contributed by atoms with Crippen LogP contribution in [-0.4, -0.2) is 27.6 Å². The van der Waals surface area contributed by atoms with Crippen molar-refractivity contribution in [1.82, 2.24) is 14.5 Å². The third-order valence-corrected chi connectivity index (χ3v) is 4.78. The first-order valence-electron chi connectivity index (χ1n) is 9.81. The Kier molecular flexibility index (Phi) is 5.01. The van der Waals surface area contributed by atoms with Gasteiger partial charge in [-0.2, -0.15) is 0 Å². The predicted molar refractivity (Wildman–Crippen MR) is 119 cm³/mol. The van der Waals surface area contributed by atoms with Crippen molar-refractivity contribution in [2.75, 3.05) is 12.4 Å². The molecular formula is C24H18N4O4. The van der Waals surface area contributed by atoms with Crippen LogP contribution in [0.5, 0.6) is 17.4 Å². The van der Waals surface area contributed by atoms with Gasteiger partial charge < -0.3 is 23.8 Å². The van der Waals surface area contributed by atoms with Gasteiger partial charge in [0.25, 0.3) is 5.91 Å². The van der Waals surface area contributed by atoms with E-state index >= 15 is 0 Å². The normalized spacial score (nSPS) is 10.8. The molecule has 0 atom stereocenters. The molecule has 5 rings (SSSR count). The molecule has 0 aliphatic carbocycles. The Labute approximate surface area is 183 Å². The summed E-state index contributed by atoms with van der Waals surface area (Å²) in [5, 5.41) is 3.61. The van der Waals surface area contributed by atoms with Gasteiger partial charge in [0.2, 0.25) is 5.88 Å². The molecule has 3 heterocycles. The van der Waals surface area contributed by atoms with E-state index in [1.54, 1.807) is 49.6 Å². The average molecular weight is 426 g/mol. The van der Waals surface area contributed by atoms with Crippen LogP contribution >= 0.6 is 0 Å². The lowest BCUT2D eigenvalue weighted by Gasteiger charge is -2.08. The zero-order valence-corrected chi connectivity index (χ0v) is 17.1. The summed E-state index contributed by atoms with van der Waals surface area (Å²) in [5.41, 5.74) is 1.14. The maximum absolute atomic E-state index is 12.6. The number of anilines is 1. The molecule has 158 valence electrons. The number of rotatable bonds is 6. The van der Waals surface area contributed by atoms with Crippen LogP contribution in [0.15, 0.2) is 89.9 Å². The SMILES string of the molecule is COc1cccc2cc(C(=O)Nc3ccc(Oc4cc(-n5cccc5)ncn4)cc3)oc12. The van der Waals surface area contributed by atoms with Crippen molar-refractivity contribution in [3.63, 3.8) is 0 Å². The van der Waals surface area contributed by atoms with Gasteiger partial charge in [-0.15, -0.1) is 0 Å². The number of carbonyl (C=O) groups is 1. The van der Waals surface area contributed by atoms with Crippen LogP contribution in [0.2, 0.25) is 0 Å². The Balaban J connectivity index is 1.28. The molecule has 0 aliphatic rings. The standard InChI is InChI=1S/C24H18N4O4/c1-30-19-6-4-5-16-13-20(32-23(16)19)24(29)27-17-7-9-18(10-8-17)31-22-14-21(25-15-26-22)28-11-2-3-12-28/h2-15H,1H3,(H,27,29). The van der Waals surface area contributed by atoms with E-state index in [-0.39, 0.29) is 11.7 Å². The lowest BCUT2D eigenvalue weighted by atomic mass is 10.2. The van der Waals surface area contributed by atoms with Crippen LogP contribution in [0.3, 0.4) is 0 Å². The maximum atomic E-state index is 12.6. The van der Waals surface area contributed by atoms with E-state index in [0.717, 1.165) is 5.39 Å². The number of nitrogens with one attached hydrogen (secondary N) is 1. The monoisotopic (exact) mass is 426 g/mol. The molecule has 0 spiro atoms. The number of hydrogen-bond donors (Lipinski definition) is 1. The molecule has 1 amide bonds. The zero-order valence-electron chi connectivity index (χ0n) is 17.1. The number of benzene rings is 2. The van der Waals surface area contributed by atoms with E-state index in [4.69, 9.17) is 13.9 Å². The fourth-order valence-electron chi connectivity index (χ4n) is 3.24. The Hall–Kier alpha value is -4.59. The number of hydrogen-bond acceptors (Lipinski definition) is 6. The Morgan fingerprint density at radius 2 is 1.81 bits per heavy atom. The zero-order chi connectivity index (χ0) is 21.9. The molecule has 3 aromatic heterocycles. The summed E-state index contributed by atoms with van der Waals surface area (Å²) < 4.78 is 18.6. The average Bonchev–Trinajstić information content (AvgIpc) is 3.51. The summed E-state index contributed by atoms with van der Waals surface area (Å²) in [6.45, 7) is 0. The van der Waals surface area contributed by atoms with Gasteiger partial charge in [0.05, 0.1) is 7.11 Å². The smallest absolute Gasteiger partial charge is 0.291 e. The summed E-state index contributed by atoms with van der Waals surface area (Å²) in [6, 6.07) is 19.7. The molecule has 8 heteroatoms. The first-order valence-corrected chi connectivity index (χ1v) is 9.81. The third kappa shape index (κ3) is 3.89. The highest BCUT2D eigenvalue weighted by Gasteiger charge is 2.15. The number of ether oxygens (including phenoxy) is 2. The molecular weight excluding hydrogens is 408 g/mol. The van der Waals surface area contributed by atoms with Crippen LogP contribution < -0.4 is 14.8 Å². The Bertz CT molecular complexity index is 1380. The minimum atomic E-state index is -0.357. The summed E-state index contributed by atoms with van der Waals surface area (Å²) >= 11 is 0. The Morgan fingerprint density at radius 3 is 2.59 bits per heavy atom. The second-order valence-corrected chi connectivity index (χ2v) is 6.87. The van der Waals surface area contributed by atoms with E-state index in [1.165, 1.54) is 6.33 Å². The van der Waals surface area contributed by atoms with Crippen molar-refractivity contribution in [3.8, 4) is 23.2 Å². The molecule has 1 N–H and O–H groups in total. The molecule has 2 aromatic carbocycles. The predicted octanol–water partition coefficient (Wildman–Crippen LogP) is 5.07. The number of furan rings is 1. The molecule has 0 unspecified atom stereocenters. The quantitative estimate of drug-likeness (QED) is 0.408. The highest BCUT2D eigenvalue weighted by molar-refractivity contribution is 6.05. The van der Waals surface area contributed by atoms with Crippen LogP contribution in [-0.2, 0) is 0 Å². The maximum Gasteiger partial charge on any atom is 0.291 e. The number of nitrogens with zero attached hydrogens (tertiary/aromatic N) is 3. The fourth-order valence-corrected chi connectivity index (χ4v) is 3.24. The molecule has 0 radical (unpaired) electrons. The molecule has 0 saturated heterocycles. The van der Waals surface area contributed by atoms with Crippen molar-refractivity contribution < 1.29 is 18.7 Å². The lowest BCUT2D eigenvalue weighted by Crippen LogP contribution is -2.10. The highest BCUT2D eigenvalue weighted by Crippen LogP contribution is 2.29. The fraction of sp³-hybridized carbons (Fsp3) is 0.0417. The summed E-state index contributed by atoms with van der Waals surface area (Å²) in [5.74, 6) is 2.11. The van der Waals surface area contributed by atoms with E-state index in [2.05, 4.69) is 15.3 Å². The van der Waals surface area contributed by atoms with E-state index in [1.807, 2.05) is 41.2 Å². The number of fused-ring (bicyclic) bond motifs is 1. The topological polar surface area (TPSA) is 91.4 Å². The van der Waals surface area contributed by atoms with Gasteiger partial charge in [-0.25, -0.2) is 9.97 Å². The molecule has 8 nitrogen and oxygen atoms in total. The molecule has 0 bridgehead atoms. The van der Waals surface area contributed by atoms with Crippen molar-refractivity contribution in [2.45, 2.75) is 0 Å². The van der Waals surface area contributed by atoms with Gasteiger partial charge in [0.1, 0.15) is 17.9 Å². The summed E-state index contributed by atoms with van der Waals surface area (Å²) in [7, 11) is 1.56. The van der Waals surface area contributed by atoms with E-state index in [0.29, 0.717) is 34.5 Å². The van der Waals surface area contributed by atoms with Crippen LogP contribution in [0, 0.1) is 0 Å². The third-order valence-electron chi connectivity index (χ3n) is 4.78. The van der Waals surface area contributed by atoms with Gasteiger partial charge in [0.15, 0.2) is 17.1 Å². The lowest BCUT2D eigenvalue weighted by molar-refractivity contribution is 0.0998. The van der Waals surface area contributed by atoms with Gasteiger partial charge >= 0.3 is 0 Å². The van der Waals surface area contributed by atoms with Crippen molar-refractivity contribution >= 4 is 22.6 Å². The number of amides is 1.